The monoisotopic (exact) mass is 250 g/mol. The standard InChI is InChI=1S/C11H11FN4O2/c12-9-3-1-2-7(8(9)6-13)11(18)10(17)4-5-15-16-14/h1-3,10-11,17-18H,4-5H2. The molecule has 0 heterocycles. The predicted molar refractivity (Wildman–Crippen MR) is 60.7 cm³/mol. The van der Waals surface area contributed by atoms with Gasteiger partial charge in [0.1, 0.15) is 18.0 Å². The van der Waals surface area contributed by atoms with E-state index in [-0.39, 0.29) is 24.1 Å². The summed E-state index contributed by atoms with van der Waals surface area (Å²) in [6.07, 6.45) is -2.61. The van der Waals surface area contributed by atoms with Crippen molar-refractivity contribution in [3.8, 4) is 6.07 Å². The van der Waals surface area contributed by atoms with Crippen LogP contribution in [0.25, 0.3) is 10.4 Å². The van der Waals surface area contributed by atoms with Gasteiger partial charge in [-0.3, -0.25) is 0 Å². The van der Waals surface area contributed by atoms with E-state index in [0.29, 0.717) is 0 Å². The second-order valence-corrected chi connectivity index (χ2v) is 3.57. The zero-order valence-electron chi connectivity index (χ0n) is 9.36. The van der Waals surface area contributed by atoms with Crippen LogP contribution in [0.4, 0.5) is 4.39 Å². The lowest BCUT2D eigenvalue weighted by Crippen LogP contribution is -2.20. The number of hydrogen-bond donors (Lipinski definition) is 2. The summed E-state index contributed by atoms with van der Waals surface area (Å²) in [4.78, 5) is 2.51. The molecule has 0 aromatic heterocycles. The van der Waals surface area contributed by atoms with Gasteiger partial charge in [0.05, 0.1) is 11.7 Å². The highest BCUT2D eigenvalue weighted by Gasteiger charge is 2.22. The normalized spacial score (nSPS) is 13.2. The molecule has 0 saturated carbocycles. The van der Waals surface area contributed by atoms with Crippen LogP contribution >= 0.6 is 0 Å². The van der Waals surface area contributed by atoms with Crippen LogP contribution in [-0.4, -0.2) is 22.9 Å². The number of halogens is 1. The van der Waals surface area contributed by atoms with Crippen molar-refractivity contribution in [2.75, 3.05) is 6.54 Å². The predicted octanol–water partition coefficient (Wildman–Crippen LogP) is 1.79. The fraction of sp³-hybridized carbons (Fsp3) is 0.364. The lowest BCUT2D eigenvalue weighted by Gasteiger charge is -2.18. The van der Waals surface area contributed by atoms with Crippen molar-refractivity contribution in [1.82, 2.24) is 0 Å². The molecule has 18 heavy (non-hydrogen) atoms. The summed E-state index contributed by atoms with van der Waals surface area (Å²) in [7, 11) is 0. The fourth-order valence-electron chi connectivity index (χ4n) is 1.51. The molecule has 2 atom stereocenters. The van der Waals surface area contributed by atoms with E-state index >= 15 is 0 Å². The van der Waals surface area contributed by atoms with Crippen LogP contribution in [0.2, 0.25) is 0 Å². The lowest BCUT2D eigenvalue weighted by molar-refractivity contribution is 0.0147. The maximum atomic E-state index is 13.3. The molecular weight excluding hydrogens is 239 g/mol. The van der Waals surface area contributed by atoms with Crippen LogP contribution in [0.15, 0.2) is 23.3 Å². The van der Waals surface area contributed by atoms with Crippen molar-refractivity contribution in [3.63, 3.8) is 0 Å². The fourth-order valence-corrected chi connectivity index (χ4v) is 1.51. The Hall–Kier alpha value is -2.13. The first-order valence-electron chi connectivity index (χ1n) is 5.17. The van der Waals surface area contributed by atoms with E-state index in [1.54, 1.807) is 6.07 Å². The Kier molecular flexibility index (Phi) is 5.08. The second-order valence-electron chi connectivity index (χ2n) is 3.57. The number of rotatable bonds is 5. The number of aliphatic hydroxyl groups excluding tert-OH is 2. The second kappa shape index (κ2) is 6.57. The minimum absolute atomic E-state index is 0.00588. The zero-order valence-corrected chi connectivity index (χ0v) is 9.36. The Morgan fingerprint density at radius 2 is 2.22 bits per heavy atom. The molecule has 2 unspecified atom stereocenters. The molecule has 0 spiro atoms. The minimum atomic E-state index is -1.40. The molecule has 0 aliphatic heterocycles. The molecule has 1 aromatic rings. The summed E-state index contributed by atoms with van der Waals surface area (Å²) in [6, 6.07) is 5.44. The van der Waals surface area contributed by atoms with Crippen molar-refractivity contribution in [2.45, 2.75) is 18.6 Å². The third-order valence-corrected chi connectivity index (χ3v) is 2.43. The van der Waals surface area contributed by atoms with Crippen molar-refractivity contribution in [1.29, 1.82) is 5.26 Å². The molecule has 6 nitrogen and oxygen atoms in total. The molecule has 7 heteroatoms. The van der Waals surface area contributed by atoms with E-state index < -0.39 is 18.0 Å². The quantitative estimate of drug-likeness (QED) is 0.471. The molecule has 0 aliphatic rings. The largest absolute Gasteiger partial charge is 0.390 e. The average molecular weight is 250 g/mol. The van der Waals surface area contributed by atoms with E-state index in [9.17, 15) is 14.6 Å². The van der Waals surface area contributed by atoms with Gasteiger partial charge in [-0.1, -0.05) is 17.2 Å². The van der Waals surface area contributed by atoms with Gasteiger partial charge in [0.25, 0.3) is 0 Å². The summed E-state index contributed by atoms with van der Waals surface area (Å²) < 4.78 is 13.3. The Labute approximate surface area is 103 Å². The highest BCUT2D eigenvalue weighted by Crippen LogP contribution is 2.24. The van der Waals surface area contributed by atoms with Crippen LogP contribution in [0.3, 0.4) is 0 Å². The number of azide groups is 1. The van der Waals surface area contributed by atoms with Gasteiger partial charge in [-0.25, -0.2) is 4.39 Å². The number of aliphatic hydroxyl groups is 2. The van der Waals surface area contributed by atoms with Gasteiger partial charge >= 0.3 is 0 Å². The van der Waals surface area contributed by atoms with Crippen molar-refractivity contribution in [3.05, 3.63) is 45.6 Å². The molecule has 1 rings (SSSR count). The summed E-state index contributed by atoms with van der Waals surface area (Å²) in [5.41, 5.74) is 7.80. The Morgan fingerprint density at radius 1 is 1.50 bits per heavy atom. The van der Waals surface area contributed by atoms with Gasteiger partial charge in [-0.05, 0) is 18.0 Å². The van der Waals surface area contributed by atoms with Crippen LogP contribution in [0.5, 0.6) is 0 Å². The van der Waals surface area contributed by atoms with E-state index in [4.69, 9.17) is 10.8 Å². The first-order chi connectivity index (χ1) is 8.61. The smallest absolute Gasteiger partial charge is 0.141 e. The zero-order chi connectivity index (χ0) is 13.5. The third kappa shape index (κ3) is 3.18. The number of nitrogens with zero attached hydrogens (tertiary/aromatic N) is 4. The van der Waals surface area contributed by atoms with Crippen molar-refractivity contribution >= 4 is 0 Å². The van der Waals surface area contributed by atoms with E-state index in [0.717, 1.165) is 6.07 Å². The van der Waals surface area contributed by atoms with Crippen molar-refractivity contribution < 1.29 is 14.6 Å². The summed E-state index contributed by atoms with van der Waals surface area (Å²) in [5, 5.41) is 31.5. The molecule has 0 amide bonds. The topological polar surface area (TPSA) is 113 Å². The Bertz CT molecular complexity index is 508. The van der Waals surface area contributed by atoms with Crippen LogP contribution in [-0.2, 0) is 0 Å². The molecule has 94 valence electrons. The lowest BCUT2D eigenvalue weighted by atomic mass is 9.97. The SMILES string of the molecule is N#Cc1c(F)cccc1C(O)C(O)CCN=[N+]=[N-]. The Morgan fingerprint density at radius 3 is 2.83 bits per heavy atom. The molecular formula is C11H11FN4O2. The molecule has 0 saturated heterocycles. The highest BCUT2D eigenvalue weighted by molar-refractivity contribution is 5.40. The number of hydrogen-bond acceptors (Lipinski definition) is 4. The van der Waals surface area contributed by atoms with E-state index in [1.807, 2.05) is 0 Å². The van der Waals surface area contributed by atoms with Crippen LogP contribution in [0, 0.1) is 17.1 Å². The van der Waals surface area contributed by atoms with Gasteiger partial charge < -0.3 is 10.2 Å². The first kappa shape index (κ1) is 13.9. The summed E-state index contributed by atoms with van der Waals surface area (Å²) in [6.45, 7) is 0.00588. The van der Waals surface area contributed by atoms with Gasteiger partial charge in [-0.2, -0.15) is 5.26 Å². The maximum absolute atomic E-state index is 13.3. The Balaban J connectivity index is 2.90. The molecule has 0 radical (unpaired) electrons. The minimum Gasteiger partial charge on any atom is -0.390 e. The third-order valence-electron chi connectivity index (χ3n) is 2.43. The summed E-state index contributed by atoms with van der Waals surface area (Å²) >= 11 is 0. The molecule has 0 aliphatic carbocycles. The molecule has 1 aromatic carbocycles. The number of nitriles is 1. The van der Waals surface area contributed by atoms with Crippen molar-refractivity contribution in [2.24, 2.45) is 5.11 Å². The van der Waals surface area contributed by atoms with E-state index in [2.05, 4.69) is 10.0 Å². The highest BCUT2D eigenvalue weighted by atomic mass is 19.1. The maximum Gasteiger partial charge on any atom is 0.141 e. The van der Waals surface area contributed by atoms with Gasteiger partial charge in [0, 0.05) is 17.0 Å². The van der Waals surface area contributed by atoms with Gasteiger partial charge in [0.2, 0.25) is 0 Å². The number of benzene rings is 1. The molecule has 2 N–H and O–H groups in total. The van der Waals surface area contributed by atoms with Gasteiger partial charge in [-0.15, -0.1) is 0 Å². The summed E-state index contributed by atoms with van der Waals surface area (Å²) in [5.74, 6) is -0.753. The van der Waals surface area contributed by atoms with Gasteiger partial charge in [0.15, 0.2) is 0 Å². The van der Waals surface area contributed by atoms with Crippen LogP contribution < -0.4 is 0 Å². The van der Waals surface area contributed by atoms with E-state index in [1.165, 1.54) is 12.1 Å². The van der Waals surface area contributed by atoms with Crippen LogP contribution in [0.1, 0.15) is 23.7 Å². The first-order valence-corrected chi connectivity index (χ1v) is 5.17. The molecule has 0 fully saturated rings. The molecule has 0 bridgehead atoms. The average Bonchev–Trinajstić information content (AvgIpc) is 2.37.